The molecule has 6 atom stereocenters. The zero-order valence-electron chi connectivity index (χ0n) is 21.9. The van der Waals surface area contributed by atoms with Crippen molar-refractivity contribution in [2.75, 3.05) is 17.7 Å². The molecule has 6 unspecified atom stereocenters. The van der Waals surface area contributed by atoms with Gasteiger partial charge in [0.25, 0.3) is 0 Å². The molecule has 2 aliphatic rings. The van der Waals surface area contributed by atoms with E-state index in [-0.39, 0.29) is 18.6 Å². The minimum absolute atomic E-state index is 0.0384. The predicted octanol–water partition coefficient (Wildman–Crippen LogP) is 4.02. The number of hydrogen-bond donors (Lipinski definition) is 4. The molecule has 0 spiro atoms. The molecular formula is C29H34N6O3S. The van der Waals surface area contributed by atoms with Crippen molar-refractivity contribution < 1.29 is 15.3 Å². The molecule has 4 aromatic rings. The molecule has 2 fully saturated rings. The predicted molar refractivity (Wildman–Crippen MR) is 152 cm³/mol. The van der Waals surface area contributed by atoms with Crippen LogP contribution in [0.4, 0.5) is 5.82 Å². The van der Waals surface area contributed by atoms with Crippen molar-refractivity contribution >= 4 is 28.7 Å². The number of aliphatic hydroxyl groups excluding tert-OH is 3. The first-order valence-corrected chi connectivity index (χ1v) is 14.7. The standard InChI is InChI=1S/C29H34N6O3S/c1-2-14-39-29-31-27(24-28(32-29)35(34-33-24)23-15-18(12-13-36)25(37)26(23)38)30-22-16-21(22)20-11-7-6-10-19(20)17-8-4-3-5-9-17/h3-11,18,21-23,25-26,36-38H,2,12-16H2,1H3,(H,30,31,32). The molecule has 9 nitrogen and oxygen atoms in total. The minimum Gasteiger partial charge on any atom is -0.396 e. The molecular weight excluding hydrogens is 512 g/mol. The fourth-order valence-corrected chi connectivity index (χ4v) is 6.45. The summed E-state index contributed by atoms with van der Waals surface area (Å²) in [6.07, 6.45) is 0.959. The first-order valence-electron chi connectivity index (χ1n) is 13.7. The summed E-state index contributed by atoms with van der Waals surface area (Å²) in [6.45, 7) is 2.08. The van der Waals surface area contributed by atoms with E-state index in [0.29, 0.717) is 40.9 Å². The van der Waals surface area contributed by atoms with E-state index in [1.807, 2.05) is 6.07 Å². The fourth-order valence-electron chi connectivity index (χ4n) is 5.76. The summed E-state index contributed by atoms with van der Waals surface area (Å²) < 4.78 is 1.64. The number of nitrogens with one attached hydrogen (secondary N) is 1. The summed E-state index contributed by atoms with van der Waals surface area (Å²) in [5, 5.41) is 43.8. The zero-order valence-corrected chi connectivity index (χ0v) is 22.7. The van der Waals surface area contributed by atoms with E-state index in [1.54, 1.807) is 16.4 Å². The number of nitrogens with zero attached hydrogens (tertiary/aromatic N) is 5. The van der Waals surface area contributed by atoms with E-state index in [2.05, 4.69) is 71.1 Å². The second-order valence-electron chi connectivity index (χ2n) is 10.5. The first kappa shape index (κ1) is 26.2. The highest BCUT2D eigenvalue weighted by Gasteiger charge is 2.44. The number of hydrogen-bond acceptors (Lipinski definition) is 9. The van der Waals surface area contributed by atoms with Crippen molar-refractivity contribution in [2.24, 2.45) is 5.92 Å². The van der Waals surface area contributed by atoms with Gasteiger partial charge in [0.2, 0.25) is 0 Å². The lowest BCUT2D eigenvalue weighted by Crippen LogP contribution is -2.30. The SMILES string of the molecule is CCCSc1nc(NC2CC2c2ccccc2-c2ccccc2)c2nnn(C3CC(CCO)C(O)C3O)c2n1. The molecule has 2 aromatic carbocycles. The number of benzene rings is 2. The molecule has 0 bridgehead atoms. The van der Waals surface area contributed by atoms with Gasteiger partial charge in [-0.05, 0) is 48.3 Å². The van der Waals surface area contributed by atoms with Crippen LogP contribution in [0.15, 0.2) is 59.8 Å². The van der Waals surface area contributed by atoms with Gasteiger partial charge in [-0.1, -0.05) is 78.5 Å². The summed E-state index contributed by atoms with van der Waals surface area (Å²) in [5.74, 6) is 1.67. The number of aromatic nitrogens is 5. The molecule has 39 heavy (non-hydrogen) atoms. The lowest BCUT2D eigenvalue weighted by atomic mass is 9.96. The third-order valence-corrected chi connectivity index (χ3v) is 8.93. The van der Waals surface area contributed by atoms with E-state index in [4.69, 9.17) is 9.97 Å². The zero-order chi connectivity index (χ0) is 26.9. The summed E-state index contributed by atoms with van der Waals surface area (Å²) in [7, 11) is 0. The molecule has 2 aliphatic carbocycles. The fraction of sp³-hybridized carbons (Fsp3) is 0.448. The van der Waals surface area contributed by atoms with E-state index < -0.39 is 18.2 Å². The van der Waals surface area contributed by atoms with Gasteiger partial charge in [0.05, 0.1) is 12.1 Å². The molecule has 2 aromatic heterocycles. The second-order valence-corrected chi connectivity index (χ2v) is 11.6. The van der Waals surface area contributed by atoms with Crippen LogP contribution >= 0.6 is 11.8 Å². The number of anilines is 1. The normalized spacial score (nSPS) is 26.3. The van der Waals surface area contributed by atoms with E-state index in [9.17, 15) is 15.3 Å². The lowest BCUT2D eigenvalue weighted by Gasteiger charge is -2.17. The van der Waals surface area contributed by atoms with Crippen LogP contribution in [0.2, 0.25) is 0 Å². The van der Waals surface area contributed by atoms with Gasteiger partial charge in [-0.2, -0.15) is 0 Å². The van der Waals surface area contributed by atoms with Crippen LogP contribution in [0.25, 0.3) is 22.3 Å². The van der Waals surface area contributed by atoms with Crippen molar-refractivity contribution in [1.82, 2.24) is 25.0 Å². The monoisotopic (exact) mass is 546 g/mol. The molecule has 2 heterocycles. The van der Waals surface area contributed by atoms with E-state index in [1.165, 1.54) is 16.7 Å². The Morgan fingerprint density at radius 1 is 1.00 bits per heavy atom. The highest BCUT2D eigenvalue weighted by Crippen LogP contribution is 2.47. The van der Waals surface area contributed by atoms with Crippen LogP contribution in [0.3, 0.4) is 0 Å². The van der Waals surface area contributed by atoms with Crippen molar-refractivity contribution in [3.05, 3.63) is 60.2 Å². The van der Waals surface area contributed by atoms with Gasteiger partial charge < -0.3 is 20.6 Å². The first-order chi connectivity index (χ1) is 19.1. The van der Waals surface area contributed by atoms with Gasteiger partial charge in [-0.3, -0.25) is 0 Å². The Labute approximate surface area is 231 Å². The van der Waals surface area contributed by atoms with Gasteiger partial charge in [-0.15, -0.1) is 5.10 Å². The Balaban J connectivity index is 1.30. The minimum atomic E-state index is -1.01. The van der Waals surface area contributed by atoms with Crippen LogP contribution in [0.1, 0.15) is 50.1 Å². The average molecular weight is 547 g/mol. The average Bonchev–Trinajstić information content (AvgIpc) is 3.51. The third-order valence-electron chi connectivity index (χ3n) is 7.88. The molecule has 0 aliphatic heterocycles. The van der Waals surface area contributed by atoms with Gasteiger partial charge >= 0.3 is 0 Å². The van der Waals surface area contributed by atoms with Crippen LogP contribution in [0, 0.1) is 5.92 Å². The van der Waals surface area contributed by atoms with E-state index >= 15 is 0 Å². The van der Waals surface area contributed by atoms with Gasteiger partial charge in [0, 0.05) is 24.3 Å². The Bertz CT molecular complexity index is 1430. The maximum atomic E-state index is 10.8. The largest absolute Gasteiger partial charge is 0.396 e. The Hall–Kier alpha value is -3.05. The van der Waals surface area contributed by atoms with Crippen LogP contribution in [-0.4, -0.2) is 70.9 Å². The van der Waals surface area contributed by atoms with Gasteiger partial charge in [0.15, 0.2) is 22.1 Å². The Morgan fingerprint density at radius 2 is 1.79 bits per heavy atom. The lowest BCUT2D eigenvalue weighted by molar-refractivity contribution is 0.00107. The number of thioether (sulfide) groups is 1. The van der Waals surface area contributed by atoms with Gasteiger partial charge in [-0.25, -0.2) is 14.6 Å². The van der Waals surface area contributed by atoms with Crippen molar-refractivity contribution in [1.29, 1.82) is 0 Å². The summed E-state index contributed by atoms with van der Waals surface area (Å²) >= 11 is 1.58. The summed E-state index contributed by atoms with van der Waals surface area (Å²) in [5.41, 5.74) is 4.88. The molecule has 10 heteroatoms. The quantitative estimate of drug-likeness (QED) is 0.172. The van der Waals surface area contributed by atoms with Crippen LogP contribution < -0.4 is 5.32 Å². The van der Waals surface area contributed by atoms with Crippen molar-refractivity contribution in [3.63, 3.8) is 0 Å². The highest BCUT2D eigenvalue weighted by molar-refractivity contribution is 7.99. The third kappa shape index (κ3) is 5.14. The van der Waals surface area contributed by atoms with Crippen LogP contribution in [-0.2, 0) is 0 Å². The van der Waals surface area contributed by atoms with Crippen molar-refractivity contribution in [2.45, 2.75) is 68.0 Å². The maximum absolute atomic E-state index is 10.8. The molecule has 0 radical (unpaired) electrons. The smallest absolute Gasteiger partial charge is 0.191 e. The molecule has 4 N–H and O–H groups in total. The summed E-state index contributed by atoms with van der Waals surface area (Å²) in [6, 6.07) is 18.8. The topological polar surface area (TPSA) is 129 Å². The maximum Gasteiger partial charge on any atom is 0.191 e. The highest BCUT2D eigenvalue weighted by atomic mass is 32.2. The molecule has 204 valence electrons. The summed E-state index contributed by atoms with van der Waals surface area (Å²) in [4.78, 5) is 9.60. The molecule has 6 rings (SSSR count). The number of aliphatic hydroxyl groups is 3. The number of rotatable bonds is 10. The Morgan fingerprint density at radius 3 is 2.59 bits per heavy atom. The van der Waals surface area contributed by atoms with Crippen molar-refractivity contribution in [3.8, 4) is 11.1 Å². The van der Waals surface area contributed by atoms with Gasteiger partial charge in [0.1, 0.15) is 6.10 Å². The van der Waals surface area contributed by atoms with Crippen LogP contribution in [0.5, 0.6) is 0 Å². The second kappa shape index (κ2) is 11.2. The molecule has 2 saturated carbocycles. The number of fused-ring (bicyclic) bond motifs is 1. The molecule has 0 amide bonds. The molecule has 0 saturated heterocycles. The Kier molecular flexibility index (Phi) is 7.53. The van der Waals surface area contributed by atoms with E-state index in [0.717, 1.165) is 18.6 Å².